The lowest BCUT2D eigenvalue weighted by atomic mass is 9.95. The van der Waals surface area contributed by atoms with Gasteiger partial charge in [0.2, 0.25) is 0 Å². The van der Waals surface area contributed by atoms with Crippen molar-refractivity contribution in [3.8, 4) is 0 Å². The fraction of sp³-hybridized carbons (Fsp3) is 0.739. The predicted molar refractivity (Wildman–Crippen MR) is 136 cm³/mol. The summed E-state index contributed by atoms with van der Waals surface area (Å²) in [6.07, 6.45) is -2.73. The van der Waals surface area contributed by atoms with Crippen LogP contribution in [0.2, 0.25) is 0 Å². The Morgan fingerprint density at radius 2 is 1.68 bits per heavy atom. The second-order valence-electron chi connectivity index (χ2n) is 10.3. The van der Waals surface area contributed by atoms with E-state index in [1.807, 2.05) is 0 Å². The maximum absolute atomic E-state index is 16.4. The molecule has 6 atom stereocenters. The summed E-state index contributed by atoms with van der Waals surface area (Å²) in [4.78, 5) is 50.8. The fourth-order valence-corrected chi connectivity index (χ4v) is 6.03. The normalized spacial score (nSPS) is 27.9. The van der Waals surface area contributed by atoms with Crippen LogP contribution in [-0.4, -0.2) is 76.7 Å². The van der Waals surface area contributed by atoms with E-state index in [-0.39, 0.29) is 6.79 Å². The molecule has 40 heavy (non-hydrogen) atoms. The van der Waals surface area contributed by atoms with Crippen molar-refractivity contribution in [2.75, 3.05) is 13.4 Å². The van der Waals surface area contributed by atoms with E-state index in [0.29, 0.717) is 0 Å². The molecule has 2 aliphatic heterocycles. The Hall–Kier alpha value is -2.46. The van der Waals surface area contributed by atoms with E-state index >= 15 is 4.39 Å². The number of ether oxygens (including phenoxy) is 5. The molecule has 2 saturated heterocycles. The van der Waals surface area contributed by atoms with E-state index in [1.54, 1.807) is 27.7 Å². The summed E-state index contributed by atoms with van der Waals surface area (Å²) in [7, 11) is -4.42. The molecule has 3 rings (SSSR count). The molecule has 1 aromatic rings. The lowest BCUT2D eigenvalue weighted by molar-refractivity contribution is -0.227. The van der Waals surface area contributed by atoms with E-state index in [1.165, 1.54) is 20.8 Å². The van der Waals surface area contributed by atoms with Gasteiger partial charge in [-0.2, -0.15) is 0 Å². The van der Waals surface area contributed by atoms with E-state index in [9.17, 15) is 23.7 Å². The molecule has 226 valence electrons. The molecule has 3 heterocycles. The van der Waals surface area contributed by atoms with Gasteiger partial charge in [0, 0.05) is 12.3 Å². The number of carbonyl (C=O) groups excluding carboxylic acids is 2. The third kappa shape index (κ3) is 7.05. The Labute approximate surface area is 229 Å². The average molecular weight is 595 g/mol. The molecular weight excluding hydrogens is 558 g/mol. The standard InChI is InChI=1S/C23H36FN4O11P/c1-12(2)37-17(30)14(5)26-40(33,27-15(6)18(31)38-13(3)4)36-10-23(24)19-22(7,35-11-34-19)20(39-23)28-9-8-16(29)25-21(28)32/h8-9,12-15,19-20H,10-11H2,1-7H3,(H,25,29,32)(H2,26,27,33)/t14-,15-,19-,20+,22+,23+/m0/s1. The largest absolute Gasteiger partial charge is 0.462 e. The highest BCUT2D eigenvalue weighted by atomic mass is 31.2. The number of alkyl halides is 1. The van der Waals surface area contributed by atoms with Crippen LogP contribution in [-0.2, 0) is 42.4 Å². The van der Waals surface area contributed by atoms with E-state index in [4.69, 9.17) is 28.2 Å². The number of nitrogens with one attached hydrogen (secondary N) is 3. The van der Waals surface area contributed by atoms with Gasteiger partial charge >= 0.3 is 25.3 Å². The zero-order valence-corrected chi connectivity index (χ0v) is 24.2. The maximum Gasteiger partial charge on any atom is 0.342 e. The smallest absolute Gasteiger partial charge is 0.342 e. The number of hydrogen-bond donors (Lipinski definition) is 3. The number of fused-ring (bicyclic) bond motifs is 1. The van der Waals surface area contributed by atoms with Crippen LogP contribution in [0.25, 0.3) is 0 Å². The summed E-state index contributed by atoms with van der Waals surface area (Å²) >= 11 is 0. The molecule has 2 fully saturated rings. The van der Waals surface area contributed by atoms with Crippen LogP contribution in [0.1, 0.15) is 54.7 Å². The minimum absolute atomic E-state index is 0.352. The molecule has 0 amide bonds. The third-order valence-electron chi connectivity index (χ3n) is 6.00. The first-order chi connectivity index (χ1) is 18.5. The Kier molecular flexibility index (Phi) is 9.77. The molecular formula is C23H36FN4O11P. The van der Waals surface area contributed by atoms with Crippen LogP contribution in [0.5, 0.6) is 0 Å². The summed E-state index contributed by atoms with van der Waals surface area (Å²) in [5.74, 6) is -4.39. The molecule has 0 bridgehead atoms. The van der Waals surface area contributed by atoms with Crippen molar-refractivity contribution in [2.24, 2.45) is 0 Å². The van der Waals surface area contributed by atoms with Gasteiger partial charge in [-0.05, 0) is 48.5 Å². The van der Waals surface area contributed by atoms with Crippen molar-refractivity contribution in [3.63, 3.8) is 0 Å². The Morgan fingerprint density at radius 3 is 2.17 bits per heavy atom. The van der Waals surface area contributed by atoms with Crippen molar-refractivity contribution >= 4 is 19.6 Å². The minimum Gasteiger partial charge on any atom is -0.462 e. The molecule has 0 radical (unpaired) electrons. The monoisotopic (exact) mass is 594 g/mol. The third-order valence-corrected chi connectivity index (χ3v) is 7.95. The van der Waals surface area contributed by atoms with Gasteiger partial charge in [-0.15, -0.1) is 0 Å². The molecule has 0 unspecified atom stereocenters. The number of aromatic amines is 1. The van der Waals surface area contributed by atoms with Crippen LogP contribution in [0, 0.1) is 0 Å². The highest BCUT2D eigenvalue weighted by Crippen LogP contribution is 2.53. The van der Waals surface area contributed by atoms with Gasteiger partial charge in [0.15, 0.2) is 12.3 Å². The first kappa shape index (κ1) is 32.1. The van der Waals surface area contributed by atoms with Gasteiger partial charge in [0.1, 0.15) is 31.1 Å². The maximum atomic E-state index is 16.4. The SMILES string of the molecule is CC(C)OC(=O)[C@H](C)NP(=O)(N[C@@H](C)C(=O)OC(C)C)OC[C@@]1(F)O[C@@H](n2ccc(=O)[nH]c2=O)[C@]2(C)OCO[C@@H]21. The van der Waals surface area contributed by atoms with E-state index in [2.05, 4.69) is 15.2 Å². The van der Waals surface area contributed by atoms with Crippen molar-refractivity contribution in [1.29, 1.82) is 0 Å². The molecule has 0 saturated carbocycles. The van der Waals surface area contributed by atoms with Gasteiger partial charge in [0.05, 0.1) is 12.2 Å². The first-order valence-electron chi connectivity index (χ1n) is 12.6. The zero-order chi connectivity index (χ0) is 30.0. The molecule has 0 aliphatic carbocycles. The lowest BCUT2D eigenvalue weighted by Gasteiger charge is -2.30. The number of nitrogens with zero attached hydrogens (tertiary/aromatic N) is 1. The number of esters is 2. The van der Waals surface area contributed by atoms with Gasteiger partial charge in [-0.25, -0.2) is 19.4 Å². The molecule has 0 spiro atoms. The summed E-state index contributed by atoms with van der Waals surface area (Å²) in [5.41, 5.74) is -3.12. The van der Waals surface area contributed by atoms with Gasteiger partial charge in [0.25, 0.3) is 11.4 Å². The number of carbonyl (C=O) groups is 2. The Bertz CT molecular complexity index is 1220. The van der Waals surface area contributed by atoms with Crippen LogP contribution in [0.4, 0.5) is 4.39 Å². The van der Waals surface area contributed by atoms with E-state index in [0.717, 1.165) is 16.8 Å². The van der Waals surface area contributed by atoms with Crippen LogP contribution < -0.4 is 21.4 Å². The summed E-state index contributed by atoms with van der Waals surface area (Å²) in [5, 5.41) is 4.91. The fourth-order valence-electron chi connectivity index (χ4n) is 4.22. The van der Waals surface area contributed by atoms with Crippen LogP contribution >= 0.6 is 7.67 Å². The summed E-state index contributed by atoms with van der Waals surface area (Å²) in [6, 6.07) is -1.37. The second kappa shape index (κ2) is 12.2. The molecule has 2 aliphatic rings. The van der Waals surface area contributed by atoms with Crippen LogP contribution in [0.15, 0.2) is 21.9 Å². The molecule has 0 aromatic carbocycles. The van der Waals surface area contributed by atoms with Crippen molar-refractivity contribution in [1.82, 2.24) is 19.7 Å². The highest BCUT2D eigenvalue weighted by molar-refractivity contribution is 7.54. The number of aromatic nitrogens is 2. The second-order valence-corrected chi connectivity index (χ2v) is 12.1. The van der Waals surface area contributed by atoms with Crippen molar-refractivity contribution in [3.05, 3.63) is 33.1 Å². The van der Waals surface area contributed by atoms with E-state index < -0.39 is 85.5 Å². The molecule has 15 nitrogen and oxygen atoms in total. The molecule has 3 N–H and O–H groups in total. The number of rotatable bonds is 12. The van der Waals surface area contributed by atoms with Crippen LogP contribution in [0.3, 0.4) is 0 Å². The number of hydrogen-bond acceptors (Lipinski definition) is 11. The molecule has 1 aromatic heterocycles. The predicted octanol–water partition coefficient (Wildman–Crippen LogP) is 0.847. The first-order valence-corrected chi connectivity index (χ1v) is 14.3. The van der Waals surface area contributed by atoms with Crippen molar-refractivity contribution in [2.45, 2.75) is 96.5 Å². The van der Waals surface area contributed by atoms with Gasteiger partial charge in [-0.1, -0.05) is 0 Å². The molecule has 17 heteroatoms. The van der Waals surface area contributed by atoms with Gasteiger partial charge in [-0.3, -0.25) is 33.0 Å². The summed E-state index contributed by atoms with van der Waals surface area (Å²) in [6.45, 7) is 9.22. The lowest BCUT2D eigenvalue weighted by Crippen LogP contribution is -2.49. The minimum atomic E-state index is -4.42. The average Bonchev–Trinajstić information content (AvgIpc) is 3.32. The Balaban J connectivity index is 1.87. The number of halogens is 1. The highest BCUT2D eigenvalue weighted by Gasteiger charge is 2.68. The van der Waals surface area contributed by atoms with Crippen molar-refractivity contribution < 1.29 is 46.8 Å². The Morgan fingerprint density at radius 1 is 1.12 bits per heavy atom. The topological polar surface area (TPSA) is 186 Å². The van der Waals surface area contributed by atoms with Gasteiger partial charge < -0.3 is 23.7 Å². The quantitative estimate of drug-likeness (QED) is 0.229. The summed E-state index contributed by atoms with van der Waals surface area (Å²) < 4.78 is 63.6. The zero-order valence-electron chi connectivity index (χ0n) is 23.3. The number of H-pyrrole nitrogens is 1.